The van der Waals surface area contributed by atoms with Gasteiger partial charge in [0.25, 0.3) is 5.91 Å². The van der Waals surface area contributed by atoms with Gasteiger partial charge >= 0.3 is 5.97 Å². The number of carbonyl (C=O) groups is 2. The van der Waals surface area contributed by atoms with Crippen LogP contribution in [0.1, 0.15) is 26.7 Å². The van der Waals surface area contributed by atoms with Crippen molar-refractivity contribution in [1.29, 1.82) is 0 Å². The number of hydrogen-bond donors (Lipinski definition) is 2. The van der Waals surface area contributed by atoms with E-state index < -0.39 is 5.97 Å². The Balaban J connectivity index is 2.13. The van der Waals surface area contributed by atoms with E-state index in [0.29, 0.717) is 5.69 Å². The minimum atomic E-state index is -1.08. The number of carboxylic acid groups (broad SMARTS) is 1. The minimum Gasteiger partial charge on any atom is -0.478 e. The van der Waals surface area contributed by atoms with E-state index in [4.69, 9.17) is 5.11 Å². The van der Waals surface area contributed by atoms with Crippen LogP contribution in [0, 0.1) is 0 Å². The van der Waals surface area contributed by atoms with Crippen LogP contribution >= 0.6 is 0 Å². The van der Waals surface area contributed by atoms with Crippen LogP contribution in [0.25, 0.3) is 0 Å². The number of nitrogens with one attached hydrogen (secondary N) is 1. The van der Waals surface area contributed by atoms with Gasteiger partial charge < -0.3 is 15.3 Å². The van der Waals surface area contributed by atoms with Gasteiger partial charge in [-0.25, -0.2) is 4.79 Å². The lowest BCUT2D eigenvalue weighted by Gasteiger charge is -2.18. The predicted molar refractivity (Wildman–Crippen MR) is 82.5 cm³/mol. The molecule has 5 heteroatoms. The second-order valence-electron chi connectivity index (χ2n) is 5.25. The first-order chi connectivity index (χ1) is 9.99. The average Bonchev–Trinajstić information content (AvgIpc) is 3.00. The van der Waals surface area contributed by atoms with Gasteiger partial charge in [0.15, 0.2) is 0 Å². The fraction of sp³-hybridized carbons (Fsp3) is 0.375. The summed E-state index contributed by atoms with van der Waals surface area (Å²) in [6.07, 6.45) is 2.38. The minimum absolute atomic E-state index is 0.0585. The maximum atomic E-state index is 12.0. The lowest BCUT2D eigenvalue weighted by atomic mass is 10.1. The van der Waals surface area contributed by atoms with Crippen LogP contribution in [-0.2, 0) is 9.59 Å². The van der Waals surface area contributed by atoms with Crippen LogP contribution in [0.5, 0.6) is 0 Å². The normalized spacial score (nSPS) is 15.6. The van der Waals surface area contributed by atoms with Crippen molar-refractivity contribution in [2.45, 2.75) is 26.7 Å². The molecule has 21 heavy (non-hydrogen) atoms. The maximum absolute atomic E-state index is 12.0. The zero-order valence-electron chi connectivity index (χ0n) is 12.3. The van der Waals surface area contributed by atoms with Gasteiger partial charge in [0, 0.05) is 35.6 Å². The van der Waals surface area contributed by atoms with Gasteiger partial charge in [-0.05, 0) is 44.9 Å². The molecule has 1 aromatic carbocycles. The van der Waals surface area contributed by atoms with Crippen LogP contribution < -0.4 is 10.2 Å². The number of benzene rings is 1. The third kappa shape index (κ3) is 3.62. The number of rotatable bonds is 4. The maximum Gasteiger partial charge on any atom is 0.331 e. The highest BCUT2D eigenvalue weighted by atomic mass is 16.4. The van der Waals surface area contributed by atoms with E-state index in [1.54, 1.807) is 6.07 Å². The number of aliphatic carboxylic acids is 1. The topological polar surface area (TPSA) is 69.6 Å². The Hall–Kier alpha value is -2.30. The second-order valence-corrected chi connectivity index (χ2v) is 5.25. The Morgan fingerprint density at radius 3 is 2.43 bits per heavy atom. The molecule has 1 fully saturated rings. The Labute approximate surface area is 124 Å². The van der Waals surface area contributed by atoms with Gasteiger partial charge in [0.2, 0.25) is 0 Å². The van der Waals surface area contributed by atoms with Crippen molar-refractivity contribution >= 4 is 23.3 Å². The molecule has 1 aromatic rings. The highest BCUT2D eigenvalue weighted by Gasteiger charge is 2.15. The molecule has 5 nitrogen and oxygen atoms in total. The lowest BCUT2D eigenvalue weighted by Crippen LogP contribution is -2.19. The summed E-state index contributed by atoms with van der Waals surface area (Å²) in [5, 5.41) is 11.7. The largest absolute Gasteiger partial charge is 0.478 e. The summed E-state index contributed by atoms with van der Waals surface area (Å²) >= 11 is 0. The van der Waals surface area contributed by atoms with Gasteiger partial charge in [-0.3, -0.25) is 4.79 Å². The van der Waals surface area contributed by atoms with Gasteiger partial charge in [-0.1, -0.05) is 6.07 Å². The van der Waals surface area contributed by atoms with Crippen molar-refractivity contribution in [3.63, 3.8) is 0 Å². The van der Waals surface area contributed by atoms with Gasteiger partial charge in [0.1, 0.15) is 0 Å². The Morgan fingerprint density at radius 1 is 1.14 bits per heavy atom. The van der Waals surface area contributed by atoms with E-state index in [9.17, 15) is 9.59 Å². The molecule has 0 saturated carbocycles. The molecule has 2 N–H and O–H groups in total. The molecule has 112 valence electrons. The van der Waals surface area contributed by atoms with Crippen LogP contribution in [0.15, 0.2) is 35.4 Å². The van der Waals surface area contributed by atoms with E-state index in [2.05, 4.69) is 10.2 Å². The molecule has 0 atom stereocenters. The van der Waals surface area contributed by atoms with Crippen LogP contribution in [0.3, 0.4) is 0 Å². The van der Waals surface area contributed by atoms with E-state index in [0.717, 1.165) is 18.8 Å². The molecule has 2 rings (SSSR count). The number of carbonyl (C=O) groups excluding carboxylic acids is 1. The zero-order valence-corrected chi connectivity index (χ0v) is 12.3. The van der Waals surface area contributed by atoms with Gasteiger partial charge in [-0.15, -0.1) is 0 Å². The van der Waals surface area contributed by atoms with Crippen molar-refractivity contribution in [2.24, 2.45) is 0 Å². The molecule has 0 aliphatic carbocycles. The molecule has 1 amide bonds. The summed E-state index contributed by atoms with van der Waals surface area (Å²) in [5.74, 6) is -1.46. The first kappa shape index (κ1) is 15.1. The molecular weight excluding hydrogens is 268 g/mol. The van der Waals surface area contributed by atoms with Crippen LogP contribution in [0.4, 0.5) is 11.4 Å². The van der Waals surface area contributed by atoms with E-state index in [1.807, 2.05) is 18.2 Å². The van der Waals surface area contributed by atoms with E-state index in [-0.39, 0.29) is 17.1 Å². The number of carboxylic acids is 1. The van der Waals surface area contributed by atoms with Crippen LogP contribution in [-0.4, -0.2) is 30.1 Å². The SMILES string of the molecule is CC(C(=O)O)=C(C)C(=O)Nc1cccc(N2CCCC2)c1. The first-order valence-corrected chi connectivity index (χ1v) is 7.06. The highest BCUT2D eigenvalue weighted by Crippen LogP contribution is 2.23. The van der Waals surface area contributed by atoms with Crippen LogP contribution in [0.2, 0.25) is 0 Å². The Kier molecular flexibility index (Phi) is 4.62. The lowest BCUT2D eigenvalue weighted by molar-refractivity contribution is -0.133. The Morgan fingerprint density at radius 2 is 1.81 bits per heavy atom. The van der Waals surface area contributed by atoms with Gasteiger partial charge in [-0.2, -0.15) is 0 Å². The number of nitrogens with zero attached hydrogens (tertiary/aromatic N) is 1. The summed E-state index contributed by atoms with van der Waals surface area (Å²) in [4.78, 5) is 25.2. The molecule has 0 spiro atoms. The fourth-order valence-corrected chi connectivity index (χ4v) is 2.31. The quantitative estimate of drug-likeness (QED) is 0.836. The molecule has 1 saturated heterocycles. The van der Waals surface area contributed by atoms with E-state index >= 15 is 0 Å². The summed E-state index contributed by atoms with van der Waals surface area (Å²) < 4.78 is 0. The zero-order chi connectivity index (χ0) is 15.4. The molecule has 1 heterocycles. The van der Waals surface area contributed by atoms with Crippen molar-refractivity contribution in [1.82, 2.24) is 0 Å². The Bertz CT molecular complexity index is 587. The fourth-order valence-electron chi connectivity index (χ4n) is 2.31. The molecule has 0 aromatic heterocycles. The predicted octanol–water partition coefficient (Wildman–Crippen LogP) is 2.65. The molecular formula is C16H20N2O3. The molecule has 0 bridgehead atoms. The second kappa shape index (κ2) is 6.43. The smallest absolute Gasteiger partial charge is 0.331 e. The summed E-state index contributed by atoms with van der Waals surface area (Å²) in [6, 6.07) is 7.64. The van der Waals surface area contributed by atoms with Crippen molar-refractivity contribution in [3.8, 4) is 0 Å². The third-order valence-electron chi connectivity index (χ3n) is 3.80. The summed E-state index contributed by atoms with van der Waals surface area (Å²) in [6.45, 7) is 5.02. The average molecular weight is 288 g/mol. The monoisotopic (exact) mass is 288 g/mol. The standard InChI is InChI=1S/C16H20N2O3/c1-11(12(2)16(20)21)15(19)17-13-6-5-7-14(10-13)18-8-3-4-9-18/h5-7,10H,3-4,8-9H2,1-2H3,(H,17,19)(H,20,21). The van der Waals surface area contributed by atoms with Gasteiger partial charge in [0.05, 0.1) is 0 Å². The molecule has 1 aliphatic heterocycles. The number of hydrogen-bond acceptors (Lipinski definition) is 3. The van der Waals surface area contributed by atoms with Crippen molar-refractivity contribution in [3.05, 3.63) is 35.4 Å². The number of amides is 1. The molecule has 0 unspecified atom stereocenters. The third-order valence-corrected chi connectivity index (χ3v) is 3.80. The molecule has 1 aliphatic rings. The summed E-state index contributed by atoms with van der Waals surface area (Å²) in [5.41, 5.74) is 2.04. The van der Waals surface area contributed by atoms with Crippen molar-refractivity contribution in [2.75, 3.05) is 23.3 Å². The van der Waals surface area contributed by atoms with Crippen molar-refractivity contribution < 1.29 is 14.7 Å². The van der Waals surface area contributed by atoms with E-state index in [1.165, 1.54) is 26.7 Å². The highest BCUT2D eigenvalue weighted by molar-refractivity contribution is 6.08. The molecule has 0 radical (unpaired) electrons. The summed E-state index contributed by atoms with van der Waals surface area (Å²) in [7, 11) is 0. The first-order valence-electron chi connectivity index (χ1n) is 7.06. The number of anilines is 2.